The molecule has 6 heteroatoms. The van der Waals surface area contributed by atoms with Crippen molar-refractivity contribution in [2.75, 3.05) is 25.1 Å². The Kier molecular flexibility index (Phi) is 5.86. The number of esters is 1. The van der Waals surface area contributed by atoms with Crippen LogP contribution >= 0.6 is 0 Å². The molecule has 1 aliphatic heterocycles. The lowest BCUT2D eigenvalue weighted by Crippen LogP contribution is -2.30. The molecule has 2 aromatic carbocycles. The Morgan fingerprint density at radius 2 is 1.85 bits per heavy atom. The number of nitrogens with zero attached hydrogens (tertiary/aromatic N) is 1. The van der Waals surface area contributed by atoms with Crippen molar-refractivity contribution in [2.24, 2.45) is 0 Å². The predicted octanol–water partition coefficient (Wildman–Crippen LogP) is 2.57. The van der Waals surface area contributed by atoms with Gasteiger partial charge in [-0.15, -0.1) is 0 Å². The summed E-state index contributed by atoms with van der Waals surface area (Å²) in [6.45, 7) is 1.05. The fourth-order valence-corrected chi connectivity index (χ4v) is 3.17. The van der Waals surface area contributed by atoms with Crippen LogP contribution in [-0.4, -0.2) is 38.0 Å². The summed E-state index contributed by atoms with van der Waals surface area (Å²) in [7, 11) is 1.35. The summed E-state index contributed by atoms with van der Waals surface area (Å²) in [5, 5.41) is 2.83. The Morgan fingerprint density at radius 3 is 2.59 bits per heavy atom. The van der Waals surface area contributed by atoms with Gasteiger partial charge < -0.3 is 15.0 Å². The summed E-state index contributed by atoms with van der Waals surface area (Å²) in [5.74, 6) is -0.491. The molecule has 140 valence electrons. The van der Waals surface area contributed by atoms with Crippen LogP contribution in [0, 0.1) is 0 Å². The molecule has 0 saturated heterocycles. The topological polar surface area (TPSA) is 75.7 Å². The average Bonchev–Trinajstić information content (AvgIpc) is 3.14. The summed E-state index contributed by atoms with van der Waals surface area (Å²) in [6, 6.07) is 14.3. The van der Waals surface area contributed by atoms with E-state index >= 15 is 0 Å². The highest BCUT2D eigenvalue weighted by Crippen LogP contribution is 2.29. The quantitative estimate of drug-likeness (QED) is 0.630. The number of hydrogen-bond acceptors (Lipinski definition) is 4. The summed E-state index contributed by atoms with van der Waals surface area (Å²) >= 11 is 0. The third kappa shape index (κ3) is 4.34. The highest BCUT2D eigenvalue weighted by molar-refractivity contribution is 5.97. The van der Waals surface area contributed by atoms with E-state index in [-0.39, 0.29) is 17.8 Å². The zero-order valence-corrected chi connectivity index (χ0v) is 15.2. The second-order valence-electron chi connectivity index (χ2n) is 6.36. The van der Waals surface area contributed by atoms with Gasteiger partial charge >= 0.3 is 5.97 Å². The van der Waals surface area contributed by atoms with Crippen LogP contribution in [0.5, 0.6) is 0 Å². The van der Waals surface area contributed by atoms with Gasteiger partial charge in [-0.3, -0.25) is 9.59 Å². The summed E-state index contributed by atoms with van der Waals surface area (Å²) in [6.07, 6.45) is 1.65. The van der Waals surface area contributed by atoms with Gasteiger partial charge in [0.05, 0.1) is 12.7 Å². The molecule has 0 aromatic heterocycles. The van der Waals surface area contributed by atoms with Gasteiger partial charge in [0.15, 0.2) is 0 Å². The molecule has 0 aliphatic carbocycles. The fourth-order valence-electron chi connectivity index (χ4n) is 3.17. The molecule has 0 saturated carbocycles. The molecule has 0 radical (unpaired) electrons. The fraction of sp³-hybridized carbons (Fsp3) is 0.286. The van der Waals surface area contributed by atoms with Gasteiger partial charge in [0.1, 0.15) is 0 Å². The first-order valence-electron chi connectivity index (χ1n) is 8.95. The molecule has 3 rings (SSSR count). The van der Waals surface area contributed by atoms with Crippen molar-refractivity contribution in [2.45, 2.75) is 19.3 Å². The molecular formula is C21H22N2O4. The predicted molar refractivity (Wildman–Crippen MR) is 102 cm³/mol. The zero-order chi connectivity index (χ0) is 19.2. The van der Waals surface area contributed by atoms with Crippen molar-refractivity contribution in [1.82, 2.24) is 5.32 Å². The number of rotatable bonds is 6. The van der Waals surface area contributed by atoms with Crippen molar-refractivity contribution >= 4 is 23.5 Å². The first kappa shape index (κ1) is 18.6. The Labute approximate surface area is 158 Å². The minimum absolute atomic E-state index is 0.0218. The molecular weight excluding hydrogens is 344 g/mol. The van der Waals surface area contributed by atoms with Crippen LogP contribution in [0.4, 0.5) is 5.69 Å². The van der Waals surface area contributed by atoms with Crippen molar-refractivity contribution in [3.8, 4) is 0 Å². The van der Waals surface area contributed by atoms with Gasteiger partial charge in [0, 0.05) is 30.8 Å². The molecule has 0 unspecified atom stereocenters. The third-order valence-electron chi connectivity index (χ3n) is 4.59. The number of carbonyl (C=O) groups is 3. The van der Waals surface area contributed by atoms with E-state index in [2.05, 4.69) is 5.32 Å². The number of ether oxygens (including phenoxy) is 1. The van der Waals surface area contributed by atoms with E-state index in [9.17, 15) is 14.4 Å². The van der Waals surface area contributed by atoms with Crippen LogP contribution in [0.1, 0.15) is 39.1 Å². The lowest BCUT2D eigenvalue weighted by molar-refractivity contribution is -0.118. The van der Waals surface area contributed by atoms with Gasteiger partial charge in [-0.25, -0.2) is 4.79 Å². The summed E-state index contributed by atoms with van der Waals surface area (Å²) in [5.41, 5.74) is 2.93. The van der Waals surface area contributed by atoms with E-state index in [1.54, 1.807) is 35.2 Å². The molecule has 1 heterocycles. The number of anilines is 1. The molecule has 1 N–H and O–H groups in total. The second kappa shape index (κ2) is 8.49. The maximum atomic E-state index is 12.5. The average molecular weight is 366 g/mol. The molecule has 2 amide bonds. The van der Waals surface area contributed by atoms with Crippen molar-refractivity contribution in [1.29, 1.82) is 0 Å². The van der Waals surface area contributed by atoms with E-state index in [0.717, 1.165) is 17.7 Å². The standard InChI is InChI=1S/C21H22N2O4/c1-27-21(26)17-9-10-18-16(14-17)11-13-23(18)19(24)8-5-12-22-20(25)15-6-3-2-4-7-15/h2-4,6-7,9-10,14H,5,8,11-13H2,1H3,(H,22,25). The number of nitrogens with one attached hydrogen (secondary N) is 1. The highest BCUT2D eigenvalue weighted by Gasteiger charge is 2.25. The molecule has 0 fully saturated rings. The first-order chi connectivity index (χ1) is 13.1. The Balaban J connectivity index is 1.50. The van der Waals surface area contributed by atoms with E-state index < -0.39 is 0 Å². The van der Waals surface area contributed by atoms with Crippen LogP contribution in [0.15, 0.2) is 48.5 Å². The van der Waals surface area contributed by atoms with Crippen LogP contribution in [0.25, 0.3) is 0 Å². The lowest BCUT2D eigenvalue weighted by atomic mass is 10.1. The van der Waals surface area contributed by atoms with Crippen LogP contribution in [0.2, 0.25) is 0 Å². The Bertz CT molecular complexity index is 849. The largest absolute Gasteiger partial charge is 0.465 e. The molecule has 0 bridgehead atoms. The van der Waals surface area contributed by atoms with Gasteiger partial charge in [-0.05, 0) is 48.7 Å². The van der Waals surface area contributed by atoms with Gasteiger partial charge in [-0.1, -0.05) is 18.2 Å². The number of benzene rings is 2. The van der Waals surface area contributed by atoms with Crippen LogP contribution in [-0.2, 0) is 16.0 Å². The number of amides is 2. The lowest BCUT2D eigenvalue weighted by Gasteiger charge is -2.17. The molecule has 0 atom stereocenters. The monoisotopic (exact) mass is 366 g/mol. The van der Waals surface area contributed by atoms with Crippen LogP contribution < -0.4 is 10.2 Å². The minimum atomic E-state index is -0.378. The smallest absolute Gasteiger partial charge is 0.337 e. The normalized spacial score (nSPS) is 12.4. The van der Waals surface area contributed by atoms with E-state index in [4.69, 9.17) is 4.74 Å². The summed E-state index contributed by atoms with van der Waals surface area (Å²) in [4.78, 5) is 37.9. The number of carbonyl (C=O) groups excluding carboxylic acids is 3. The summed E-state index contributed by atoms with van der Waals surface area (Å²) < 4.78 is 4.73. The highest BCUT2D eigenvalue weighted by atomic mass is 16.5. The van der Waals surface area contributed by atoms with E-state index in [1.807, 2.05) is 18.2 Å². The Hall–Kier alpha value is -3.15. The van der Waals surface area contributed by atoms with Crippen molar-refractivity contribution < 1.29 is 19.1 Å². The first-order valence-corrected chi connectivity index (χ1v) is 8.95. The maximum Gasteiger partial charge on any atom is 0.337 e. The SMILES string of the molecule is COC(=O)c1ccc2c(c1)CCN2C(=O)CCCNC(=O)c1ccccc1. The van der Waals surface area contributed by atoms with Crippen LogP contribution in [0.3, 0.4) is 0 Å². The zero-order valence-electron chi connectivity index (χ0n) is 15.2. The second-order valence-corrected chi connectivity index (χ2v) is 6.36. The third-order valence-corrected chi connectivity index (χ3v) is 4.59. The maximum absolute atomic E-state index is 12.5. The molecule has 2 aromatic rings. The van der Waals surface area contributed by atoms with E-state index in [1.165, 1.54) is 7.11 Å². The molecule has 6 nitrogen and oxygen atoms in total. The number of hydrogen-bond donors (Lipinski definition) is 1. The van der Waals surface area contributed by atoms with Gasteiger partial charge in [-0.2, -0.15) is 0 Å². The molecule has 1 aliphatic rings. The van der Waals surface area contributed by atoms with Crippen molar-refractivity contribution in [3.63, 3.8) is 0 Å². The van der Waals surface area contributed by atoms with E-state index in [0.29, 0.717) is 37.1 Å². The Morgan fingerprint density at radius 1 is 1.07 bits per heavy atom. The van der Waals surface area contributed by atoms with Crippen molar-refractivity contribution in [3.05, 3.63) is 65.2 Å². The number of fused-ring (bicyclic) bond motifs is 1. The molecule has 0 spiro atoms. The minimum Gasteiger partial charge on any atom is -0.465 e. The van der Waals surface area contributed by atoms with Gasteiger partial charge in [0.25, 0.3) is 5.91 Å². The molecule has 27 heavy (non-hydrogen) atoms. The van der Waals surface area contributed by atoms with Gasteiger partial charge in [0.2, 0.25) is 5.91 Å². The number of methoxy groups -OCH3 is 1.